The maximum absolute atomic E-state index is 12.2. The molecule has 0 amide bonds. The fourth-order valence-corrected chi connectivity index (χ4v) is 4.13. The molecule has 3 rings (SSSR count). The van der Waals surface area contributed by atoms with Gasteiger partial charge in [-0.1, -0.05) is 48.2 Å². The molecule has 0 unspecified atom stereocenters. The Hall–Kier alpha value is -2.07. The van der Waals surface area contributed by atoms with E-state index in [0.29, 0.717) is 0 Å². The van der Waals surface area contributed by atoms with Gasteiger partial charge in [-0.2, -0.15) is 0 Å². The van der Waals surface area contributed by atoms with Crippen LogP contribution in [0.2, 0.25) is 0 Å². The van der Waals surface area contributed by atoms with Crippen LogP contribution in [0, 0.1) is 5.92 Å². The van der Waals surface area contributed by atoms with Crippen molar-refractivity contribution in [1.82, 2.24) is 0 Å². The van der Waals surface area contributed by atoms with Gasteiger partial charge in [0, 0.05) is 15.7 Å². The summed E-state index contributed by atoms with van der Waals surface area (Å²) in [5.74, 6) is -1.76. The normalized spacial score (nSPS) is 14.6. The Kier molecular flexibility index (Phi) is 4.03. The minimum atomic E-state index is -0.812. The van der Waals surface area contributed by atoms with Crippen molar-refractivity contribution < 1.29 is 14.3 Å². The van der Waals surface area contributed by atoms with E-state index in [9.17, 15) is 9.59 Å². The summed E-state index contributed by atoms with van der Waals surface area (Å²) in [4.78, 5) is 26.5. The van der Waals surface area contributed by atoms with Gasteiger partial charge in [0.1, 0.15) is 11.7 Å². The number of carbonyl (C=O) groups excluding carboxylic acids is 2. The first-order chi connectivity index (χ1) is 10.6. The van der Waals surface area contributed by atoms with Gasteiger partial charge in [-0.25, -0.2) is 0 Å². The number of Topliss-reactive ketones (excluding diaryl/α,β-unsaturated/α-hetero) is 1. The van der Waals surface area contributed by atoms with E-state index in [4.69, 9.17) is 4.74 Å². The molecule has 0 aromatic heterocycles. The van der Waals surface area contributed by atoms with Crippen molar-refractivity contribution in [2.45, 2.75) is 22.6 Å². The summed E-state index contributed by atoms with van der Waals surface area (Å²) in [5, 5.41) is 0. The van der Waals surface area contributed by atoms with Gasteiger partial charge < -0.3 is 4.74 Å². The van der Waals surface area contributed by atoms with Gasteiger partial charge in [0.15, 0.2) is 0 Å². The first-order valence-electron chi connectivity index (χ1n) is 7.07. The van der Waals surface area contributed by atoms with Gasteiger partial charge in [0.05, 0.1) is 7.11 Å². The number of hydrogen-bond donors (Lipinski definition) is 0. The molecule has 2 aromatic rings. The van der Waals surface area contributed by atoms with E-state index < -0.39 is 11.9 Å². The number of esters is 1. The summed E-state index contributed by atoms with van der Waals surface area (Å²) in [6.45, 7) is 1.45. The number of carbonyl (C=O) groups is 2. The second-order valence-corrected chi connectivity index (χ2v) is 6.35. The van der Waals surface area contributed by atoms with Gasteiger partial charge >= 0.3 is 5.97 Å². The Labute approximate surface area is 133 Å². The Morgan fingerprint density at radius 2 is 1.50 bits per heavy atom. The molecule has 0 aliphatic carbocycles. The molecule has 1 heterocycles. The second-order valence-electron chi connectivity index (χ2n) is 5.27. The Morgan fingerprint density at radius 1 is 1.00 bits per heavy atom. The molecule has 4 heteroatoms. The summed E-state index contributed by atoms with van der Waals surface area (Å²) >= 11 is 1.67. The van der Waals surface area contributed by atoms with Gasteiger partial charge in [0.2, 0.25) is 0 Å². The summed E-state index contributed by atoms with van der Waals surface area (Å²) < 4.78 is 4.89. The number of rotatable bonds is 3. The monoisotopic (exact) mass is 312 g/mol. The van der Waals surface area contributed by atoms with Gasteiger partial charge in [-0.15, -0.1) is 0 Å². The number of hydrogen-bond acceptors (Lipinski definition) is 4. The Morgan fingerprint density at radius 3 is 1.95 bits per heavy atom. The number of ketones is 1. The molecule has 1 atom stereocenters. The first kappa shape index (κ1) is 14.9. The average Bonchev–Trinajstić information content (AvgIpc) is 2.54. The number of fused-ring (bicyclic) bond motifs is 2. The van der Waals surface area contributed by atoms with Crippen LogP contribution in [-0.2, 0) is 14.3 Å². The number of ether oxygens (including phenoxy) is 1. The lowest BCUT2D eigenvalue weighted by molar-refractivity contribution is -0.149. The van der Waals surface area contributed by atoms with Crippen LogP contribution < -0.4 is 0 Å². The third-order valence-corrected chi connectivity index (χ3v) is 5.14. The lowest BCUT2D eigenvalue weighted by atomic mass is 9.78. The molecule has 3 nitrogen and oxygen atoms in total. The smallest absolute Gasteiger partial charge is 0.317 e. The highest BCUT2D eigenvalue weighted by atomic mass is 32.2. The highest BCUT2D eigenvalue weighted by Crippen LogP contribution is 2.48. The predicted octanol–water partition coefficient (Wildman–Crippen LogP) is 3.66. The zero-order chi connectivity index (χ0) is 15.7. The molecule has 1 aliphatic heterocycles. The minimum absolute atomic E-state index is 0.173. The third kappa shape index (κ3) is 2.44. The predicted molar refractivity (Wildman–Crippen MR) is 85.0 cm³/mol. The molecule has 112 valence electrons. The van der Waals surface area contributed by atoms with Crippen molar-refractivity contribution in [2.75, 3.05) is 7.11 Å². The van der Waals surface area contributed by atoms with E-state index in [0.717, 1.165) is 20.9 Å². The van der Waals surface area contributed by atoms with Gasteiger partial charge in [0.25, 0.3) is 0 Å². The van der Waals surface area contributed by atoms with Crippen LogP contribution in [0.3, 0.4) is 0 Å². The first-order valence-corrected chi connectivity index (χ1v) is 7.89. The lowest BCUT2D eigenvalue weighted by Crippen LogP contribution is -2.31. The van der Waals surface area contributed by atoms with E-state index >= 15 is 0 Å². The van der Waals surface area contributed by atoms with Crippen LogP contribution in [-0.4, -0.2) is 18.9 Å². The summed E-state index contributed by atoms with van der Waals surface area (Å²) in [6, 6.07) is 15.8. The quantitative estimate of drug-likeness (QED) is 0.641. The lowest BCUT2D eigenvalue weighted by Gasteiger charge is -2.31. The SMILES string of the molecule is COC(=O)[C@H](C(C)=O)C1c2ccccc2Sc2ccccc21. The maximum Gasteiger partial charge on any atom is 0.317 e. The van der Waals surface area contributed by atoms with Crippen LogP contribution in [0.5, 0.6) is 0 Å². The minimum Gasteiger partial charge on any atom is -0.468 e. The maximum atomic E-state index is 12.2. The fraction of sp³-hybridized carbons (Fsp3) is 0.222. The molecule has 0 spiro atoms. The molecule has 22 heavy (non-hydrogen) atoms. The molecule has 0 saturated carbocycles. The zero-order valence-corrected chi connectivity index (χ0v) is 13.2. The van der Waals surface area contributed by atoms with Crippen molar-refractivity contribution in [1.29, 1.82) is 0 Å². The molecule has 0 N–H and O–H groups in total. The van der Waals surface area contributed by atoms with E-state index in [1.54, 1.807) is 11.8 Å². The zero-order valence-electron chi connectivity index (χ0n) is 12.4. The van der Waals surface area contributed by atoms with Crippen LogP contribution >= 0.6 is 11.8 Å². The average molecular weight is 312 g/mol. The van der Waals surface area contributed by atoms with Gasteiger partial charge in [-0.05, 0) is 30.2 Å². The van der Waals surface area contributed by atoms with Crippen molar-refractivity contribution >= 4 is 23.5 Å². The van der Waals surface area contributed by atoms with E-state index in [2.05, 4.69) is 0 Å². The Balaban J connectivity index is 2.21. The summed E-state index contributed by atoms with van der Waals surface area (Å²) in [7, 11) is 1.33. The number of benzene rings is 2. The molecule has 0 radical (unpaired) electrons. The van der Waals surface area contributed by atoms with E-state index in [1.807, 2.05) is 48.5 Å². The highest BCUT2D eigenvalue weighted by Gasteiger charge is 2.39. The van der Waals surface area contributed by atoms with Crippen LogP contribution in [0.15, 0.2) is 58.3 Å². The molecular weight excluding hydrogens is 296 g/mol. The van der Waals surface area contributed by atoms with Crippen molar-refractivity contribution in [3.8, 4) is 0 Å². The summed E-state index contributed by atoms with van der Waals surface area (Å²) in [6.07, 6.45) is 0. The number of methoxy groups -OCH3 is 1. The topological polar surface area (TPSA) is 43.4 Å². The van der Waals surface area contributed by atoms with Crippen LogP contribution in [0.4, 0.5) is 0 Å². The fourth-order valence-electron chi connectivity index (χ4n) is 2.97. The molecule has 2 aromatic carbocycles. The summed E-state index contributed by atoms with van der Waals surface area (Å²) in [5.41, 5.74) is 2.02. The van der Waals surface area contributed by atoms with E-state index in [1.165, 1.54) is 14.0 Å². The van der Waals surface area contributed by atoms with Crippen molar-refractivity contribution in [2.24, 2.45) is 5.92 Å². The second kappa shape index (κ2) is 5.97. The van der Waals surface area contributed by atoms with Crippen molar-refractivity contribution in [3.05, 3.63) is 59.7 Å². The Bertz CT molecular complexity index is 693. The van der Waals surface area contributed by atoms with E-state index in [-0.39, 0.29) is 11.7 Å². The molecule has 1 aliphatic rings. The third-order valence-electron chi connectivity index (χ3n) is 3.95. The largest absolute Gasteiger partial charge is 0.468 e. The molecule has 0 saturated heterocycles. The standard InChI is InChI=1S/C18H16O3S/c1-11(19)16(18(20)21-2)17-12-7-3-5-9-14(12)22-15-10-6-4-8-13(15)17/h3-10,16-17H,1-2H3/t16-/m1/s1. The molecular formula is C18H16O3S. The van der Waals surface area contributed by atoms with Crippen molar-refractivity contribution in [3.63, 3.8) is 0 Å². The molecule has 0 fully saturated rings. The highest BCUT2D eigenvalue weighted by molar-refractivity contribution is 7.99. The molecule has 0 bridgehead atoms. The van der Waals surface area contributed by atoms with Crippen LogP contribution in [0.1, 0.15) is 24.0 Å². The van der Waals surface area contributed by atoms with Gasteiger partial charge in [-0.3, -0.25) is 9.59 Å². The van der Waals surface area contributed by atoms with Crippen LogP contribution in [0.25, 0.3) is 0 Å².